The van der Waals surface area contributed by atoms with Crippen molar-refractivity contribution in [1.82, 2.24) is 15.2 Å². The quantitative estimate of drug-likeness (QED) is 0.527. The van der Waals surface area contributed by atoms with E-state index in [0.29, 0.717) is 5.69 Å². The lowest BCUT2D eigenvalue weighted by molar-refractivity contribution is 0.0636. The number of anilines is 1. The van der Waals surface area contributed by atoms with Gasteiger partial charge >= 0.3 is 6.09 Å². The SMILES string of the molecule is CN=C(NCCc1ccc(NC(=O)OC(C)(C)C)cc1)NCc1ccn(C)c1. The van der Waals surface area contributed by atoms with Gasteiger partial charge in [-0.15, -0.1) is 0 Å². The minimum Gasteiger partial charge on any atom is -0.444 e. The lowest BCUT2D eigenvalue weighted by Gasteiger charge is -2.19. The molecule has 0 spiro atoms. The number of carbonyl (C=O) groups excluding carboxylic acids is 1. The van der Waals surface area contributed by atoms with Crippen LogP contribution in [0.4, 0.5) is 10.5 Å². The highest BCUT2D eigenvalue weighted by atomic mass is 16.6. The van der Waals surface area contributed by atoms with E-state index in [4.69, 9.17) is 4.74 Å². The molecule has 0 aliphatic heterocycles. The normalized spacial score (nSPS) is 11.8. The van der Waals surface area contributed by atoms with Gasteiger partial charge in [-0.1, -0.05) is 12.1 Å². The average Bonchev–Trinajstić information content (AvgIpc) is 3.03. The van der Waals surface area contributed by atoms with E-state index in [9.17, 15) is 4.79 Å². The van der Waals surface area contributed by atoms with E-state index in [-0.39, 0.29) is 0 Å². The summed E-state index contributed by atoms with van der Waals surface area (Å²) in [5.41, 5.74) is 2.58. The molecule has 1 amide bonds. The molecule has 0 atom stereocenters. The number of nitrogens with one attached hydrogen (secondary N) is 3. The van der Waals surface area contributed by atoms with Crippen molar-refractivity contribution < 1.29 is 9.53 Å². The Labute approximate surface area is 167 Å². The third-order valence-electron chi connectivity index (χ3n) is 3.88. The number of aryl methyl sites for hydroxylation is 1. The fourth-order valence-electron chi connectivity index (χ4n) is 2.57. The second-order valence-electron chi connectivity index (χ2n) is 7.61. The molecule has 1 heterocycles. The number of guanidine groups is 1. The summed E-state index contributed by atoms with van der Waals surface area (Å²) in [6, 6.07) is 9.82. The highest BCUT2D eigenvalue weighted by Crippen LogP contribution is 2.13. The summed E-state index contributed by atoms with van der Waals surface area (Å²) in [7, 11) is 3.77. The zero-order chi connectivity index (χ0) is 20.6. The van der Waals surface area contributed by atoms with Crippen molar-refractivity contribution in [1.29, 1.82) is 0 Å². The van der Waals surface area contributed by atoms with Crippen molar-refractivity contribution in [2.45, 2.75) is 39.3 Å². The number of hydrogen-bond donors (Lipinski definition) is 3. The molecule has 0 saturated carbocycles. The summed E-state index contributed by atoms with van der Waals surface area (Å²) in [5, 5.41) is 9.34. The molecule has 0 aliphatic rings. The van der Waals surface area contributed by atoms with Gasteiger partial charge in [0, 0.05) is 45.3 Å². The maximum atomic E-state index is 11.8. The Hall–Kier alpha value is -2.96. The van der Waals surface area contributed by atoms with Crippen molar-refractivity contribution in [2.24, 2.45) is 12.0 Å². The second-order valence-corrected chi connectivity index (χ2v) is 7.61. The monoisotopic (exact) mass is 385 g/mol. The fourth-order valence-corrected chi connectivity index (χ4v) is 2.57. The van der Waals surface area contributed by atoms with Crippen LogP contribution in [0, 0.1) is 0 Å². The molecule has 2 aromatic rings. The first-order valence-electron chi connectivity index (χ1n) is 9.39. The summed E-state index contributed by atoms with van der Waals surface area (Å²) in [5.74, 6) is 0.770. The molecule has 7 nitrogen and oxygen atoms in total. The number of aromatic nitrogens is 1. The zero-order valence-corrected chi connectivity index (χ0v) is 17.4. The molecule has 0 saturated heterocycles. The van der Waals surface area contributed by atoms with Crippen molar-refractivity contribution in [2.75, 3.05) is 18.9 Å². The first-order valence-corrected chi connectivity index (χ1v) is 9.39. The van der Waals surface area contributed by atoms with Crippen LogP contribution < -0.4 is 16.0 Å². The van der Waals surface area contributed by atoms with E-state index in [2.05, 4.69) is 33.2 Å². The maximum Gasteiger partial charge on any atom is 0.412 e. The summed E-state index contributed by atoms with van der Waals surface area (Å²) in [4.78, 5) is 16.0. The van der Waals surface area contributed by atoms with Gasteiger partial charge in [0.1, 0.15) is 5.60 Å². The summed E-state index contributed by atoms with van der Waals surface area (Å²) in [6.45, 7) is 7.00. The van der Waals surface area contributed by atoms with Gasteiger partial charge in [-0.25, -0.2) is 4.79 Å². The molecule has 3 N–H and O–H groups in total. The highest BCUT2D eigenvalue weighted by molar-refractivity contribution is 5.84. The zero-order valence-electron chi connectivity index (χ0n) is 17.4. The molecule has 0 fully saturated rings. The first kappa shape index (κ1) is 21.3. The van der Waals surface area contributed by atoms with Gasteiger partial charge in [-0.05, 0) is 56.5 Å². The minimum absolute atomic E-state index is 0.449. The van der Waals surface area contributed by atoms with Crippen LogP contribution in [-0.4, -0.2) is 35.8 Å². The molecule has 1 aromatic carbocycles. The van der Waals surface area contributed by atoms with Crippen LogP contribution in [0.1, 0.15) is 31.9 Å². The van der Waals surface area contributed by atoms with Crippen LogP contribution in [0.5, 0.6) is 0 Å². The van der Waals surface area contributed by atoms with Gasteiger partial charge in [0.15, 0.2) is 5.96 Å². The van der Waals surface area contributed by atoms with E-state index in [1.54, 1.807) is 7.05 Å². The molecule has 152 valence electrons. The number of carbonyl (C=O) groups is 1. The van der Waals surface area contributed by atoms with E-state index >= 15 is 0 Å². The Kier molecular flexibility index (Phi) is 7.49. The molecule has 0 radical (unpaired) electrons. The average molecular weight is 386 g/mol. The van der Waals surface area contributed by atoms with Crippen molar-refractivity contribution in [3.05, 3.63) is 53.9 Å². The van der Waals surface area contributed by atoms with E-state index < -0.39 is 11.7 Å². The number of rotatable bonds is 6. The van der Waals surface area contributed by atoms with Crippen LogP contribution in [0.15, 0.2) is 47.7 Å². The Bertz CT molecular complexity index is 788. The van der Waals surface area contributed by atoms with Crippen LogP contribution in [0.25, 0.3) is 0 Å². The van der Waals surface area contributed by atoms with E-state index in [0.717, 1.165) is 25.5 Å². The number of benzene rings is 1. The molecule has 0 aliphatic carbocycles. The van der Waals surface area contributed by atoms with Crippen LogP contribution in [-0.2, 0) is 24.8 Å². The Balaban J connectivity index is 1.73. The van der Waals surface area contributed by atoms with Gasteiger partial charge in [0.05, 0.1) is 0 Å². The molecular weight excluding hydrogens is 354 g/mol. The van der Waals surface area contributed by atoms with E-state index in [1.165, 1.54) is 11.1 Å². The van der Waals surface area contributed by atoms with Crippen LogP contribution in [0.2, 0.25) is 0 Å². The molecule has 0 unspecified atom stereocenters. The smallest absolute Gasteiger partial charge is 0.412 e. The van der Waals surface area contributed by atoms with Crippen LogP contribution in [0.3, 0.4) is 0 Å². The Morgan fingerprint density at radius 1 is 1.11 bits per heavy atom. The minimum atomic E-state index is -0.511. The molecule has 2 rings (SSSR count). The fraction of sp³-hybridized carbons (Fsp3) is 0.429. The number of ether oxygens (including phenoxy) is 1. The number of amides is 1. The lowest BCUT2D eigenvalue weighted by atomic mass is 10.1. The third kappa shape index (κ3) is 7.73. The number of aliphatic imine (C=N–C) groups is 1. The highest BCUT2D eigenvalue weighted by Gasteiger charge is 2.16. The number of hydrogen-bond acceptors (Lipinski definition) is 3. The predicted octanol–water partition coefficient (Wildman–Crippen LogP) is 3.28. The Morgan fingerprint density at radius 3 is 2.39 bits per heavy atom. The van der Waals surface area contributed by atoms with Gasteiger partial charge in [-0.2, -0.15) is 0 Å². The largest absolute Gasteiger partial charge is 0.444 e. The lowest BCUT2D eigenvalue weighted by Crippen LogP contribution is -2.37. The van der Waals surface area contributed by atoms with Crippen molar-refractivity contribution >= 4 is 17.7 Å². The number of nitrogens with zero attached hydrogens (tertiary/aromatic N) is 2. The second kappa shape index (κ2) is 9.82. The summed E-state index contributed by atoms with van der Waals surface area (Å²) in [6.07, 6.45) is 4.50. The first-order chi connectivity index (χ1) is 13.2. The van der Waals surface area contributed by atoms with Gasteiger partial charge in [-0.3, -0.25) is 10.3 Å². The van der Waals surface area contributed by atoms with Crippen LogP contribution >= 0.6 is 0 Å². The van der Waals surface area contributed by atoms with Crippen molar-refractivity contribution in [3.63, 3.8) is 0 Å². The van der Waals surface area contributed by atoms with Gasteiger partial charge < -0.3 is 19.9 Å². The summed E-state index contributed by atoms with van der Waals surface area (Å²) < 4.78 is 7.27. The summed E-state index contributed by atoms with van der Waals surface area (Å²) >= 11 is 0. The van der Waals surface area contributed by atoms with Gasteiger partial charge in [0.25, 0.3) is 0 Å². The predicted molar refractivity (Wildman–Crippen MR) is 114 cm³/mol. The maximum absolute atomic E-state index is 11.8. The molecule has 7 heteroatoms. The standard InChI is InChI=1S/C21H31N5O2/c1-21(2,3)28-20(27)25-18-8-6-16(7-9-18)10-12-23-19(22-4)24-14-17-11-13-26(5)15-17/h6-9,11,13,15H,10,12,14H2,1-5H3,(H,25,27)(H2,22,23,24). The molecule has 1 aromatic heterocycles. The molecule has 28 heavy (non-hydrogen) atoms. The van der Waals surface area contributed by atoms with Crippen molar-refractivity contribution in [3.8, 4) is 0 Å². The molecule has 0 bridgehead atoms. The van der Waals surface area contributed by atoms with E-state index in [1.807, 2.05) is 62.8 Å². The molecular formula is C21H31N5O2. The topological polar surface area (TPSA) is 79.7 Å². The Morgan fingerprint density at radius 2 is 1.82 bits per heavy atom. The third-order valence-corrected chi connectivity index (χ3v) is 3.88. The van der Waals surface area contributed by atoms with Gasteiger partial charge in [0.2, 0.25) is 0 Å².